The first-order valence-corrected chi connectivity index (χ1v) is 22.4. The van der Waals surface area contributed by atoms with E-state index in [-0.39, 0.29) is 51.0 Å². The lowest BCUT2D eigenvalue weighted by atomic mass is 9.98. The lowest BCUT2D eigenvalue weighted by Crippen LogP contribution is -2.56. The van der Waals surface area contributed by atoms with E-state index in [1.807, 2.05) is 30.3 Å². The number of ether oxygens (including phenoxy) is 4. The molecule has 4 amide bonds. The summed E-state index contributed by atoms with van der Waals surface area (Å²) >= 11 is 0. The molecule has 0 unspecified atom stereocenters. The second-order valence-electron chi connectivity index (χ2n) is 17.6. The smallest absolute Gasteiger partial charge is 0.407 e. The van der Waals surface area contributed by atoms with Crippen molar-refractivity contribution in [2.45, 2.75) is 77.1 Å². The van der Waals surface area contributed by atoms with Gasteiger partial charge in [-0.15, -0.1) is 0 Å². The molecule has 2 atom stereocenters. The first kappa shape index (κ1) is 47.7. The number of benzene rings is 5. The van der Waals surface area contributed by atoms with Gasteiger partial charge in [0.05, 0.1) is 56.8 Å². The van der Waals surface area contributed by atoms with Gasteiger partial charge in [-0.1, -0.05) is 72.8 Å². The van der Waals surface area contributed by atoms with Gasteiger partial charge < -0.3 is 39.4 Å². The zero-order chi connectivity index (χ0) is 47.8. The highest BCUT2D eigenvalue weighted by atomic mass is 16.6. The molecular weight excluding hydrogens is 855 g/mol. The van der Waals surface area contributed by atoms with Gasteiger partial charge in [0, 0.05) is 24.4 Å². The maximum absolute atomic E-state index is 14.9. The number of hydrogen-bond donors (Lipinski definition) is 3. The monoisotopic (exact) mass is 911 g/mol. The number of fused-ring (bicyclic) bond motifs is 5. The van der Waals surface area contributed by atoms with E-state index < -0.39 is 47.5 Å². The van der Waals surface area contributed by atoms with Crippen LogP contribution in [0.5, 0.6) is 5.75 Å². The van der Waals surface area contributed by atoms with Crippen LogP contribution in [0, 0.1) is 0 Å². The number of nitrogens with one attached hydrogen (secondary N) is 3. The van der Waals surface area contributed by atoms with Crippen molar-refractivity contribution in [2.24, 2.45) is 0 Å². The molecule has 5 aromatic carbocycles. The standard InChI is InChI=1S/C52H57N5O10/c1-32(54-28-47(59)67-52(2,3)4)48(60)55-42-30-56(46(58)21-13-14-26-53-51(63)66-31-41-38-17-9-7-15-36(38)37-16-8-10-18-39(37)41)43-19-11-12-20-44(43)57(49(42)61)29-40-35-24-22-34(50(62)65-6)27-33(35)23-25-45(40)64-5/h7-12,15-20,22-25,27,32,41-42,54H,13-14,21,26,28-31H2,1-6H3,(H,53,63)(H,55,60)/t32-,42-/m0/s1. The summed E-state index contributed by atoms with van der Waals surface area (Å²) in [6.07, 6.45) is 0.398. The van der Waals surface area contributed by atoms with E-state index in [0.29, 0.717) is 51.9 Å². The Labute approximate surface area is 390 Å². The molecule has 0 saturated heterocycles. The van der Waals surface area contributed by atoms with E-state index in [2.05, 4.69) is 40.2 Å². The number of carbonyl (C=O) groups excluding carboxylic acids is 6. The number of hydrogen-bond acceptors (Lipinski definition) is 11. The summed E-state index contributed by atoms with van der Waals surface area (Å²) in [6, 6.07) is 29.8. The molecule has 1 aliphatic heterocycles. The molecule has 15 nitrogen and oxygen atoms in total. The number of carbonyl (C=O) groups is 6. The van der Waals surface area contributed by atoms with E-state index in [4.69, 9.17) is 18.9 Å². The molecule has 0 bridgehead atoms. The summed E-state index contributed by atoms with van der Waals surface area (Å²) in [6.45, 7) is 6.78. The Hall–Kier alpha value is -7.26. The molecule has 350 valence electrons. The van der Waals surface area contributed by atoms with Crippen molar-refractivity contribution >= 4 is 57.9 Å². The molecule has 5 aromatic rings. The fraction of sp³-hybridized carbons (Fsp3) is 0.346. The molecule has 15 heteroatoms. The first-order chi connectivity index (χ1) is 32.2. The molecule has 0 radical (unpaired) electrons. The lowest BCUT2D eigenvalue weighted by molar-refractivity contribution is -0.153. The summed E-state index contributed by atoms with van der Waals surface area (Å²) in [5.74, 6) is -2.00. The Morgan fingerprint density at radius 2 is 1.49 bits per heavy atom. The number of methoxy groups -OCH3 is 2. The minimum absolute atomic E-state index is 0.0314. The molecule has 0 saturated carbocycles. The quantitative estimate of drug-likeness (QED) is 0.0526. The largest absolute Gasteiger partial charge is 0.496 e. The lowest BCUT2D eigenvalue weighted by Gasteiger charge is -2.27. The van der Waals surface area contributed by atoms with Crippen LogP contribution >= 0.6 is 0 Å². The van der Waals surface area contributed by atoms with Crippen molar-refractivity contribution in [3.63, 3.8) is 0 Å². The normalized spacial score (nSPS) is 14.8. The van der Waals surface area contributed by atoms with Crippen molar-refractivity contribution in [2.75, 3.05) is 50.3 Å². The highest BCUT2D eigenvalue weighted by molar-refractivity contribution is 6.09. The molecule has 0 spiro atoms. The molecule has 3 N–H and O–H groups in total. The highest BCUT2D eigenvalue weighted by Gasteiger charge is 2.38. The fourth-order valence-electron chi connectivity index (χ4n) is 8.60. The Kier molecular flexibility index (Phi) is 14.9. The van der Waals surface area contributed by atoms with Crippen LogP contribution in [0.1, 0.15) is 79.9 Å². The Balaban J connectivity index is 1.07. The van der Waals surface area contributed by atoms with E-state index in [9.17, 15) is 28.8 Å². The SMILES string of the molecule is COC(=O)c1ccc2c(CN3C(=O)[C@@H](NC(=O)[C@H](C)NCC(=O)OC(C)(C)C)CN(C(=O)CCCCNC(=O)OCC4c5ccccc5-c5ccccc54)c4ccccc43)c(OC)ccc2c1. The van der Waals surface area contributed by atoms with Crippen LogP contribution in [0.25, 0.3) is 21.9 Å². The van der Waals surface area contributed by atoms with Crippen LogP contribution in [0.3, 0.4) is 0 Å². The van der Waals surface area contributed by atoms with Gasteiger partial charge in [-0.3, -0.25) is 24.5 Å². The van der Waals surface area contributed by atoms with Crippen LogP contribution in [0.15, 0.2) is 103 Å². The van der Waals surface area contributed by atoms with E-state index in [1.54, 1.807) is 76.2 Å². The number of esters is 2. The average Bonchev–Trinajstić information content (AvgIpc) is 3.59. The molecule has 1 heterocycles. The highest BCUT2D eigenvalue weighted by Crippen LogP contribution is 2.44. The van der Waals surface area contributed by atoms with Crippen molar-refractivity contribution in [1.82, 2.24) is 16.0 Å². The van der Waals surface area contributed by atoms with Gasteiger partial charge in [0.2, 0.25) is 11.8 Å². The fourth-order valence-corrected chi connectivity index (χ4v) is 8.60. The summed E-state index contributed by atoms with van der Waals surface area (Å²) in [5.41, 5.74) is 5.64. The first-order valence-electron chi connectivity index (χ1n) is 22.4. The number of anilines is 2. The van der Waals surface area contributed by atoms with Crippen LogP contribution in [0.2, 0.25) is 0 Å². The van der Waals surface area contributed by atoms with Gasteiger partial charge in [0.25, 0.3) is 5.91 Å². The van der Waals surface area contributed by atoms with E-state index in [1.165, 1.54) is 24.0 Å². The number of unbranched alkanes of at least 4 members (excludes halogenated alkanes) is 1. The van der Waals surface area contributed by atoms with Crippen LogP contribution in [-0.4, -0.2) is 93.9 Å². The van der Waals surface area contributed by atoms with E-state index in [0.717, 1.165) is 22.3 Å². The van der Waals surface area contributed by atoms with Crippen molar-refractivity contribution in [3.05, 3.63) is 125 Å². The summed E-state index contributed by atoms with van der Waals surface area (Å²) in [7, 11) is 2.83. The van der Waals surface area contributed by atoms with Gasteiger partial charge >= 0.3 is 18.0 Å². The number of amides is 4. The maximum atomic E-state index is 14.9. The predicted octanol–water partition coefficient (Wildman–Crippen LogP) is 7.03. The summed E-state index contributed by atoms with van der Waals surface area (Å²) in [5, 5.41) is 9.96. The predicted molar refractivity (Wildman–Crippen MR) is 254 cm³/mol. The Bertz CT molecular complexity index is 2630. The molecular formula is C52H57N5O10. The average molecular weight is 912 g/mol. The summed E-state index contributed by atoms with van der Waals surface area (Å²) in [4.78, 5) is 83.9. The van der Waals surface area contributed by atoms with Gasteiger partial charge in [0.15, 0.2) is 0 Å². The van der Waals surface area contributed by atoms with Gasteiger partial charge in [-0.05, 0) is 104 Å². The maximum Gasteiger partial charge on any atom is 0.407 e. The second kappa shape index (κ2) is 20.9. The minimum Gasteiger partial charge on any atom is -0.496 e. The number of rotatable bonds is 16. The second-order valence-corrected chi connectivity index (χ2v) is 17.6. The van der Waals surface area contributed by atoms with E-state index >= 15 is 0 Å². The van der Waals surface area contributed by atoms with Crippen LogP contribution in [-0.2, 0) is 39.9 Å². The van der Waals surface area contributed by atoms with Crippen molar-refractivity contribution in [3.8, 4) is 16.9 Å². The molecule has 2 aliphatic rings. The number of alkyl carbamates (subject to hydrolysis) is 1. The zero-order valence-electron chi connectivity index (χ0n) is 38.7. The number of nitrogens with zero attached hydrogens (tertiary/aromatic N) is 2. The molecule has 0 fully saturated rings. The van der Waals surface area contributed by atoms with Gasteiger partial charge in [0.1, 0.15) is 24.0 Å². The third-order valence-electron chi connectivity index (χ3n) is 11.9. The third kappa shape index (κ3) is 11.1. The Morgan fingerprint density at radius 1 is 0.821 bits per heavy atom. The number of para-hydroxylation sites is 2. The van der Waals surface area contributed by atoms with Crippen LogP contribution in [0.4, 0.5) is 16.2 Å². The third-order valence-corrected chi connectivity index (χ3v) is 11.9. The topological polar surface area (TPSA) is 182 Å². The van der Waals surface area contributed by atoms with Gasteiger partial charge in [-0.2, -0.15) is 0 Å². The van der Waals surface area contributed by atoms with Gasteiger partial charge in [-0.25, -0.2) is 9.59 Å². The molecule has 67 heavy (non-hydrogen) atoms. The van der Waals surface area contributed by atoms with Crippen molar-refractivity contribution in [1.29, 1.82) is 0 Å². The zero-order valence-corrected chi connectivity index (χ0v) is 38.7. The molecule has 7 rings (SSSR count). The molecule has 1 aliphatic carbocycles. The minimum atomic E-state index is -1.23. The Morgan fingerprint density at radius 3 is 2.16 bits per heavy atom. The van der Waals surface area contributed by atoms with Crippen LogP contribution < -0.4 is 30.5 Å². The molecule has 0 aromatic heterocycles. The summed E-state index contributed by atoms with van der Waals surface area (Å²) < 4.78 is 21.8. The van der Waals surface area contributed by atoms with Crippen molar-refractivity contribution < 1.29 is 47.7 Å².